The van der Waals surface area contributed by atoms with Gasteiger partial charge in [0, 0.05) is 0 Å². The zero-order valence-electron chi connectivity index (χ0n) is 12.5. The maximum absolute atomic E-state index is 13.1. The first-order chi connectivity index (χ1) is 11.3. The van der Waals surface area contributed by atoms with Crippen molar-refractivity contribution in [2.24, 2.45) is 0 Å². The molecule has 0 aliphatic carbocycles. The summed E-state index contributed by atoms with van der Waals surface area (Å²) in [5.74, 6) is -0.206. The Morgan fingerprint density at radius 1 is 0.435 bits per heavy atom. The van der Waals surface area contributed by atoms with Gasteiger partial charge in [0.05, 0.1) is 0 Å². The molecule has 0 fully saturated rings. The molecule has 0 unspecified atom stereocenters. The molecule has 110 valence electrons. The van der Waals surface area contributed by atoms with E-state index in [4.69, 9.17) is 0 Å². The van der Waals surface area contributed by atoms with Gasteiger partial charge < -0.3 is 0 Å². The first-order valence-corrected chi connectivity index (χ1v) is 7.65. The Morgan fingerprint density at radius 2 is 0.913 bits per heavy atom. The largest absolute Gasteiger partial charge is 0.207 e. The number of hydrogen-bond donors (Lipinski definition) is 0. The van der Waals surface area contributed by atoms with Gasteiger partial charge in [-0.3, -0.25) is 0 Å². The smallest absolute Gasteiger partial charge is 0.123 e. The third kappa shape index (κ3) is 2.74. The molecular weight excluding hydrogens is 283 g/mol. The second-order valence-electron chi connectivity index (χ2n) is 5.65. The summed E-state index contributed by atoms with van der Waals surface area (Å²) in [6.07, 6.45) is 0. The van der Waals surface area contributed by atoms with E-state index in [0.29, 0.717) is 0 Å². The summed E-state index contributed by atoms with van der Waals surface area (Å²) in [6.45, 7) is 0. The number of halogens is 1. The fourth-order valence-corrected chi connectivity index (χ4v) is 2.88. The molecule has 4 aromatic rings. The maximum atomic E-state index is 13.1. The Bertz CT molecular complexity index is 954. The van der Waals surface area contributed by atoms with Crippen molar-refractivity contribution >= 4 is 10.8 Å². The zero-order valence-corrected chi connectivity index (χ0v) is 12.5. The van der Waals surface area contributed by atoms with Crippen molar-refractivity contribution in [3.63, 3.8) is 0 Å². The third-order valence-corrected chi connectivity index (χ3v) is 4.12. The van der Waals surface area contributed by atoms with E-state index in [1.54, 1.807) is 0 Å². The summed E-state index contributed by atoms with van der Waals surface area (Å²) in [5, 5.41) is 2.39. The lowest BCUT2D eigenvalue weighted by Crippen LogP contribution is -1.82. The van der Waals surface area contributed by atoms with Gasteiger partial charge in [-0.15, -0.1) is 0 Å². The fraction of sp³-hybridized carbons (Fsp3) is 0. The minimum atomic E-state index is -0.206. The summed E-state index contributed by atoms with van der Waals surface area (Å²) in [7, 11) is 0. The molecule has 0 atom stereocenters. The molecule has 23 heavy (non-hydrogen) atoms. The Morgan fingerprint density at radius 3 is 1.48 bits per heavy atom. The summed E-state index contributed by atoms with van der Waals surface area (Å²) in [4.78, 5) is 0. The van der Waals surface area contributed by atoms with Crippen LogP contribution in [0.15, 0.2) is 91.0 Å². The number of hydrogen-bond acceptors (Lipinski definition) is 0. The molecule has 0 saturated carbocycles. The van der Waals surface area contributed by atoms with Gasteiger partial charge in [-0.1, -0.05) is 66.7 Å². The van der Waals surface area contributed by atoms with E-state index in [2.05, 4.69) is 60.7 Å². The van der Waals surface area contributed by atoms with E-state index in [9.17, 15) is 4.39 Å². The Kier molecular flexibility index (Phi) is 3.39. The van der Waals surface area contributed by atoms with Crippen molar-refractivity contribution in [1.82, 2.24) is 0 Å². The van der Waals surface area contributed by atoms with Crippen molar-refractivity contribution in [3.05, 3.63) is 96.8 Å². The third-order valence-electron chi connectivity index (χ3n) is 4.12. The Hall–Kier alpha value is -2.93. The Balaban J connectivity index is 1.77. The second kappa shape index (κ2) is 5.69. The van der Waals surface area contributed by atoms with E-state index in [0.717, 1.165) is 11.1 Å². The van der Waals surface area contributed by atoms with Crippen LogP contribution in [-0.2, 0) is 0 Å². The maximum Gasteiger partial charge on any atom is 0.123 e. The van der Waals surface area contributed by atoms with Crippen LogP contribution in [0.25, 0.3) is 33.0 Å². The standard InChI is InChI=1S/C22H15F/c23-22-12-10-17(11-13-22)19-7-9-20-14-18(6-8-21(20)15-19)16-4-2-1-3-5-16/h1-15H. The lowest BCUT2D eigenvalue weighted by atomic mass is 9.98. The summed E-state index contributed by atoms with van der Waals surface area (Å²) in [6, 6.07) is 29.9. The quantitative estimate of drug-likeness (QED) is 0.406. The van der Waals surface area contributed by atoms with E-state index < -0.39 is 0 Å². The highest BCUT2D eigenvalue weighted by Crippen LogP contribution is 2.28. The van der Waals surface area contributed by atoms with Gasteiger partial charge in [-0.2, -0.15) is 0 Å². The van der Waals surface area contributed by atoms with Crippen LogP contribution >= 0.6 is 0 Å². The minimum absolute atomic E-state index is 0.206. The molecule has 0 aliphatic rings. The predicted octanol–water partition coefficient (Wildman–Crippen LogP) is 6.31. The molecule has 1 heteroatoms. The monoisotopic (exact) mass is 298 g/mol. The van der Waals surface area contributed by atoms with Crippen molar-refractivity contribution in [2.45, 2.75) is 0 Å². The molecule has 0 aliphatic heterocycles. The minimum Gasteiger partial charge on any atom is -0.207 e. The van der Waals surface area contributed by atoms with E-state index in [1.165, 1.54) is 34.0 Å². The van der Waals surface area contributed by atoms with Crippen molar-refractivity contribution < 1.29 is 4.39 Å². The molecule has 0 amide bonds. The number of rotatable bonds is 2. The average Bonchev–Trinajstić information content (AvgIpc) is 2.62. The van der Waals surface area contributed by atoms with Crippen LogP contribution < -0.4 is 0 Å². The van der Waals surface area contributed by atoms with Gasteiger partial charge in [0.15, 0.2) is 0 Å². The lowest BCUT2D eigenvalue weighted by molar-refractivity contribution is 0.628. The normalized spacial score (nSPS) is 10.8. The van der Waals surface area contributed by atoms with Crippen molar-refractivity contribution in [1.29, 1.82) is 0 Å². The van der Waals surface area contributed by atoms with E-state index in [-0.39, 0.29) is 5.82 Å². The molecule has 0 radical (unpaired) electrons. The molecule has 0 heterocycles. The fourth-order valence-electron chi connectivity index (χ4n) is 2.88. The molecule has 4 rings (SSSR count). The number of benzene rings is 4. The summed E-state index contributed by atoms with van der Waals surface area (Å²) < 4.78 is 13.1. The van der Waals surface area contributed by atoms with Crippen LogP contribution in [0.1, 0.15) is 0 Å². The first kappa shape index (κ1) is 13.7. The molecular formula is C22H15F. The van der Waals surface area contributed by atoms with Crippen molar-refractivity contribution in [3.8, 4) is 22.3 Å². The number of fused-ring (bicyclic) bond motifs is 1. The topological polar surface area (TPSA) is 0 Å². The van der Waals surface area contributed by atoms with E-state index >= 15 is 0 Å². The zero-order chi connectivity index (χ0) is 15.6. The van der Waals surface area contributed by atoms with Gasteiger partial charge in [-0.05, 0) is 57.3 Å². The molecule has 0 bridgehead atoms. The summed E-state index contributed by atoms with van der Waals surface area (Å²) in [5.41, 5.74) is 4.56. The van der Waals surface area contributed by atoms with Gasteiger partial charge in [0.2, 0.25) is 0 Å². The molecule has 0 aromatic heterocycles. The van der Waals surface area contributed by atoms with Gasteiger partial charge in [0.25, 0.3) is 0 Å². The predicted molar refractivity (Wildman–Crippen MR) is 94.8 cm³/mol. The Labute approximate surface area is 134 Å². The highest BCUT2D eigenvalue weighted by Gasteiger charge is 2.03. The van der Waals surface area contributed by atoms with Crippen LogP contribution in [0.5, 0.6) is 0 Å². The van der Waals surface area contributed by atoms with E-state index in [1.807, 2.05) is 18.2 Å². The molecule has 0 N–H and O–H groups in total. The van der Waals surface area contributed by atoms with Crippen molar-refractivity contribution in [2.75, 3.05) is 0 Å². The first-order valence-electron chi connectivity index (χ1n) is 7.65. The van der Waals surface area contributed by atoms with Crippen LogP contribution in [-0.4, -0.2) is 0 Å². The molecule has 4 aromatic carbocycles. The highest BCUT2D eigenvalue weighted by molar-refractivity contribution is 5.90. The molecule has 0 nitrogen and oxygen atoms in total. The van der Waals surface area contributed by atoms with Crippen LogP contribution in [0.2, 0.25) is 0 Å². The second-order valence-corrected chi connectivity index (χ2v) is 5.65. The van der Waals surface area contributed by atoms with Gasteiger partial charge in [-0.25, -0.2) is 4.39 Å². The SMILES string of the molecule is Fc1ccc(-c2ccc3cc(-c4ccccc4)ccc3c2)cc1. The van der Waals surface area contributed by atoms with Gasteiger partial charge in [0.1, 0.15) is 5.82 Å². The van der Waals surface area contributed by atoms with Crippen LogP contribution in [0, 0.1) is 5.82 Å². The highest BCUT2D eigenvalue weighted by atomic mass is 19.1. The average molecular weight is 298 g/mol. The summed E-state index contributed by atoms with van der Waals surface area (Å²) >= 11 is 0. The van der Waals surface area contributed by atoms with Crippen LogP contribution in [0.4, 0.5) is 4.39 Å². The molecule has 0 saturated heterocycles. The van der Waals surface area contributed by atoms with Crippen LogP contribution in [0.3, 0.4) is 0 Å². The lowest BCUT2D eigenvalue weighted by Gasteiger charge is -2.07. The van der Waals surface area contributed by atoms with Gasteiger partial charge >= 0.3 is 0 Å². The molecule has 0 spiro atoms.